The highest BCUT2D eigenvalue weighted by Crippen LogP contribution is 2.34. The Labute approximate surface area is 153 Å². The van der Waals surface area contributed by atoms with E-state index < -0.39 is 32.8 Å². The average Bonchev–Trinajstić information content (AvgIpc) is 3.08. The summed E-state index contributed by atoms with van der Waals surface area (Å²) in [7, 11) is -4.14. The van der Waals surface area contributed by atoms with Crippen molar-refractivity contribution in [3.63, 3.8) is 0 Å². The van der Waals surface area contributed by atoms with Crippen molar-refractivity contribution in [1.82, 2.24) is 4.72 Å². The monoisotopic (exact) mass is 403 g/mol. The molecule has 0 aliphatic carbocycles. The van der Waals surface area contributed by atoms with Crippen LogP contribution in [0.1, 0.15) is 23.7 Å². The molecule has 1 atom stereocenters. The molecule has 146 valence electrons. The van der Waals surface area contributed by atoms with Crippen LogP contribution in [0, 0.1) is 0 Å². The Hall–Kier alpha value is -2.30. The number of alkyl halides is 3. The van der Waals surface area contributed by atoms with Gasteiger partial charge < -0.3 is 14.6 Å². The second kappa shape index (κ2) is 7.37. The first-order valence-electron chi connectivity index (χ1n) is 7.91. The van der Waals surface area contributed by atoms with Gasteiger partial charge in [-0.3, -0.25) is 0 Å². The van der Waals surface area contributed by atoms with E-state index in [1.807, 2.05) is 0 Å². The van der Waals surface area contributed by atoms with Crippen molar-refractivity contribution >= 4 is 10.0 Å². The summed E-state index contributed by atoms with van der Waals surface area (Å²) in [6.45, 7) is -0.0696. The zero-order chi connectivity index (χ0) is 19.7. The molecule has 3 rings (SSSR count). The maximum absolute atomic E-state index is 12.7. The second-order valence-corrected chi connectivity index (χ2v) is 7.61. The SMILES string of the molecule is O=S(=O)(NCC[C@H](O)c1ccc2c(c1)OCO2)c1cccc(C(F)(F)F)c1. The lowest BCUT2D eigenvalue weighted by atomic mass is 10.1. The molecule has 6 nitrogen and oxygen atoms in total. The van der Waals surface area contributed by atoms with Gasteiger partial charge in [-0.1, -0.05) is 12.1 Å². The molecule has 0 aromatic heterocycles. The second-order valence-electron chi connectivity index (χ2n) is 5.84. The largest absolute Gasteiger partial charge is 0.454 e. The molecule has 0 saturated heterocycles. The summed E-state index contributed by atoms with van der Waals surface area (Å²) < 4.78 is 75.1. The lowest BCUT2D eigenvalue weighted by Crippen LogP contribution is -2.26. The predicted molar refractivity (Wildman–Crippen MR) is 88.8 cm³/mol. The highest BCUT2D eigenvalue weighted by atomic mass is 32.2. The van der Waals surface area contributed by atoms with Crippen LogP contribution in [-0.4, -0.2) is 26.9 Å². The molecule has 0 radical (unpaired) electrons. The third-order valence-electron chi connectivity index (χ3n) is 3.96. The minimum Gasteiger partial charge on any atom is -0.454 e. The Morgan fingerprint density at radius 1 is 1.11 bits per heavy atom. The fourth-order valence-electron chi connectivity index (χ4n) is 2.54. The van der Waals surface area contributed by atoms with Gasteiger partial charge in [0, 0.05) is 6.54 Å². The Balaban J connectivity index is 1.62. The maximum atomic E-state index is 12.7. The molecule has 0 bridgehead atoms. The number of benzene rings is 2. The van der Waals surface area contributed by atoms with Gasteiger partial charge in [0.15, 0.2) is 11.5 Å². The summed E-state index contributed by atoms with van der Waals surface area (Å²) in [5, 5.41) is 10.2. The van der Waals surface area contributed by atoms with E-state index in [0.29, 0.717) is 23.1 Å². The van der Waals surface area contributed by atoms with Crippen LogP contribution in [0.15, 0.2) is 47.4 Å². The highest BCUT2D eigenvalue weighted by Gasteiger charge is 2.31. The lowest BCUT2D eigenvalue weighted by Gasteiger charge is -2.13. The molecule has 0 saturated carbocycles. The van der Waals surface area contributed by atoms with Gasteiger partial charge in [0.2, 0.25) is 16.8 Å². The van der Waals surface area contributed by atoms with Crippen LogP contribution < -0.4 is 14.2 Å². The van der Waals surface area contributed by atoms with Crippen molar-refractivity contribution in [2.45, 2.75) is 23.6 Å². The van der Waals surface area contributed by atoms with Crippen molar-refractivity contribution in [2.75, 3.05) is 13.3 Å². The summed E-state index contributed by atoms with van der Waals surface area (Å²) in [4.78, 5) is -0.491. The van der Waals surface area contributed by atoms with Crippen molar-refractivity contribution < 1.29 is 36.2 Å². The molecule has 0 unspecified atom stereocenters. The standard InChI is InChI=1S/C17H16F3NO5S/c18-17(19,20)12-2-1-3-13(9-12)27(23,24)21-7-6-14(22)11-4-5-15-16(8-11)26-10-25-15/h1-5,8-9,14,21-22H,6-7,10H2/t14-/m0/s1. The third-order valence-corrected chi connectivity index (χ3v) is 5.42. The van der Waals surface area contributed by atoms with Crippen molar-refractivity contribution in [3.8, 4) is 11.5 Å². The summed E-state index contributed by atoms with van der Waals surface area (Å²) in [5.41, 5.74) is -0.539. The molecule has 2 aromatic carbocycles. The number of aliphatic hydroxyl groups is 1. The number of rotatable bonds is 6. The van der Waals surface area contributed by atoms with Gasteiger partial charge in [0.25, 0.3) is 0 Å². The van der Waals surface area contributed by atoms with Crippen molar-refractivity contribution in [1.29, 1.82) is 0 Å². The molecule has 27 heavy (non-hydrogen) atoms. The first kappa shape index (κ1) is 19.5. The lowest BCUT2D eigenvalue weighted by molar-refractivity contribution is -0.137. The topological polar surface area (TPSA) is 84.9 Å². The number of hydrogen-bond donors (Lipinski definition) is 2. The first-order chi connectivity index (χ1) is 12.7. The molecular weight excluding hydrogens is 387 g/mol. The van der Waals surface area contributed by atoms with Gasteiger partial charge in [0.05, 0.1) is 16.6 Å². The molecule has 1 aliphatic rings. The summed E-state index contributed by atoms with van der Waals surface area (Å²) >= 11 is 0. The first-order valence-corrected chi connectivity index (χ1v) is 9.40. The average molecular weight is 403 g/mol. The highest BCUT2D eigenvalue weighted by molar-refractivity contribution is 7.89. The molecule has 1 aliphatic heterocycles. The van der Waals surface area contributed by atoms with Gasteiger partial charge in [-0.15, -0.1) is 0 Å². The molecular formula is C17H16F3NO5S. The van der Waals surface area contributed by atoms with E-state index in [2.05, 4.69) is 4.72 Å². The third kappa shape index (κ3) is 4.52. The molecule has 2 N–H and O–H groups in total. The number of sulfonamides is 1. The van der Waals surface area contributed by atoms with Gasteiger partial charge in [0.1, 0.15) is 0 Å². The van der Waals surface area contributed by atoms with E-state index in [1.165, 1.54) is 0 Å². The molecule has 2 aromatic rings. The van der Waals surface area contributed by atoms with Crippen LogP contribution in [0.4, 0.5) is 13.2 Å². The molecule has 1 heterocycles. The number of ether oxygens (including phenoxy) is 2. The summed E-state index contributed by atoms with van der Waals surface area (Å²) in [6, 6.07) is 8.31. The minimum absolute atomic E-state index is 0.0256. The van der Waals surface area contributed by atoms with Crippen LogP contribution in [0.3, 0.4) is 0 Å². The van der Waals surface area contributed by atoms with Gasteiger partial charge >= 0.3 is 6.18 Å². The van der Waals surface area contributed by atoms with Crippen LogP contribution >= 0.6 is 0 Å². The van der Waals surface area contributed by atoms with Crippen LogP contribution in [0.25, 0.3) is 0 Å². The van der Waals surface area contributed by atoms with E-state index in [0.717, 1.165) is 18.2 Å². The molecule has 0 amide bonds. The van der Waals surface area contributed by atoms with E-state index in [4.69, 9.17) is 9.47 Å². The van der Waals surface area contributed by atoms with Gasteiger partial charge in [-0.25, -0.2) is 13.1 Å². The number of hydrogen-bond acceptors (Lipinski definition) is 5. The zero-order valence-electron chi connectivity index (χ0n) is 13.9. The molecule has 10 heteroatoms. The van der Waals surface area contributed by atoms with Crippen LogP contribution in [0.5, 0.6) is 11.5 Å². The van der Waals surface area contributed by atoms with Gasteiger partial charge in [-0.2, -0.15) is 13.2 Å². The Bertz CT molecular complexity index is 930. The number of halogens is 3. The minimum atomic E-state index is -4.64. The number of fused-ring (bicyclic) bond motifs is 1. The van der Waals surface area contributed by atoms with E-state index in [-0.39, 0.29) is 19.8 Å². The summed E-state index contributed by atoms with van der Waals surface area (Å²) in [5.74, 6) is 1.03. The van der Waals surface area contributed by atoms with Crippen molar-refractivity contribution in [3.05, 3.63) is 53.6 Å². The van der Waals surface area contributed by atoms with Crippen LogP contribution in [-0.2, 0) is 16.2 Å². The summed E-state index contributed by atoms with van der Waals surface area (Å²) in [6.07, 6.45) is -5.59. The van der Waals surface area contributed by atoms with E-state index in [1.54, 1.807) is 18.2 Å². The molecule has 0 spiro atoms. The van der Waals surface area contributed by atoms with Crippen LogP contribution in [0.2, 0.25) is 0 Å². The quantitative estimate of drug-likeness (QED) is 0.775. The fourth-order valence-corrected chi connectivity index (χ4v) is 3.63. The fraction of sp³-hybridized carbons (Fsp3) is 0.294. The smallest absolute Gasteiger partial charge is 0.416 e. The zero-order valence-corrected chi connectivity index (χ0v) is 14.7. The van der Waals surface area contributed by atoms with E-state index >= 15 is 0 Å². The predicted octanol–water partition coefficient (Wildman–Crippen LogP) is 2.84. The number of aliphatic hydroxyl groups excluding tert-OH is 1. The van der Waals surface area contributed by atoms with Crippen molar-refractivity contribution in [2.24, 2.45) is 0 Å². The van der Waals surface area contributed by atoms with Gasteiger partial charge in [-0.05, 0) is 42.3 Å². The Morgan fingerprint density at radius 3 is 2.59 bits per heavy atom. The Kier molecular flexibility index (Phi) is 5.31. The molecule has 0 fully saturated rings. The number of nitrogens with one attached hydrogen (secondary N) is 1. The maximum Gasteiger partial charge on any atom is 0.416 e. The normalized spacial score (nSPS) is 15.0. The van der Waals surface area contributed by atoms with E-state index in [9.17, 15) is 26.7 Å². The Morgan fingerprint density at radius 2 is 1.85 bits per heavy atom.